The lowest BCUT2D eigenvalue weighted by molar-refractivity contribution is -0.142. The molecule has 0 saturated carbocycles. The average Bonchev–Trinajstić information content (AvgIpc) is 2.52. The second-order valence-electron chi connectivity index (χ2n) is 5.70. The predicted molar refractivity (Wildman–Crippen MR) is 93.5 cm³/mol. The molecule has 0 fully saturated rings. The molecular formula is C14H27N7O5. The first-order valence-electron chi connectivity index (χ1n) is 7.97. The van der Waals surface area contributed by atoms with Gasteiger partial charge in [-0.05, 0) is 26.2 Å². The Labute approximate surface area is 150 Å². The van der Waals surface area contributed by atoms with Gasteiger partial charge in [-0.1, -0.05) is 0 Å². The molecule has 0 aromatic heterocycles. The predicted octanol–water partition coefficient (Wildman–Crippen LogP) is -3.29. The third-order valence-electron chi connectivity index (χ3n) is 3.29. The van der Waals surface area contributed by atoms with Crippen LogP contribution in [0.1, 0.15) is 32.6 Å². The number of amides is 3. The lowest BCUT2D eigenvalue weighted by Crippen LogP contribution is -2.54. The van der Waals surface area contributed by atoms with Gasteiger partial charge in [-0.3, -0.25) is 19.4 Å². The molecule has 0 spiro atoms. The maximum absolute atomic E-state index is 12.3. The van der Waals surface area contributed by atoms with Crippen LogP contribution in [-0.4, -0.2) is 59.4 Å². The van der Waals surface area contributed by atoms with Crippen LogP contribution >= 0.6 is 0 Å². The van der Waals surface area contributed by atoms with E-state index in [1.165, 1.54) is 6.92 Å². The van der Waals surface area contributed by atoms with E-state index in [-0.39, 0.29) is 31.8 Å². The van der Waals surface area contributed by atoms with Crippen molar-refractivity contribution in [3.63, 3.8) is 0 Å². The Morgan fingerprint density at radius 3 is 2.04 bits per heavy atom. The molecule has 3 unspecified atom stereocenters. The zero-order valence-electron chi connectivity index (χ0n) is 14.6. The molecule has 0 saturated heterocycles. The summed E-state index contributed by atoms with van der Waals surface area (Å²) in [4.78, 5) is 50.0. The summed E-state index contributed by atoms with van der Waals surface area (Å²) in [5, 5.41) is 13.9. The van der Waals surface area contributed by atoms with Gasteiger partial charge in [0.1, 0.15) is 12.1 Å². The monoisotopic (exact) mass is 373 g/mol. The van der Waals surface area contributed by atoms with Crippen LogP contribution in [0.2, 0.25) is 0 Å². The number of primary amides is 1. The fourth-order valence-corrected chi connectivity index (χ4v) is 1.89. The van der Waals surface area contributed by atoms with E-state index in [1.807, 2.05) is 0 Å². The van der Waals surface area contributed by atoms with Gasteiger partial charge in [0.15, 0.2) is 5.96 Å². The highest BCUT2D eigenvalue weighted by molar-refractivity contribution is 5.92. The van der Waals surface area contributed by atoms with Crippen molar-refractivity contribution in [3.8, 4) is 0 Å². The lowest BCUT2D eigenvalue weighted by atomic mass is 10.1. The molecule has 0 heterocycles. The molecule has 0 aliphatic carbocycles. The van der Waals surface area contributed by atoms with Crippen LogP contribution in [0.15, 0.2) is 4.99 Å². The summed E-state index contributed by atoms with van der Waals surface area (Å²) >= 11 is 0. The van der Waals surface area contributed by atoms with Crippen molar-refractivity contribution in [2.75, 3.05) is 6.54 Å². The second-order valence-corrected chi connectivity index (χ2v) is 5.70. The zero-order chi connectivity index (χ0) is 20.3. The van der Waals surface area contributed by atoms with Crippen molar-refractivity contribution in [3.05, 3.63) is 0 Å². The number of carbonyl (C=O) groups is 4. The molecule has 0 aromatic carbocycles. The number of aliphatic carboxylic acids is 1. The van der Waals surface area contributed by atoms with Gasteiger partial charge >= 0.3 is 5.97 Å². The Bertz CT molecular complexity index is 546. The fraction of sp³-hybridized carbons (Fsp3) is 0.643. The van der Waals surface area contributed by atoms with Gasteiger partial charge in [-0.15, -0.1) is 0 Å². The van der Waals surface area contributed by atoms with E-state index in [9.17, 15) is 24.3 Å². The third kappa shape index (κ3) is 10.1. The number of nitrogens with one attached hydrogen (secondary N) is 2. The third-order valence-corrected chi connectivity index (χ3v) is 3.29. The van der Waals surface area contributed by atoms with Crippen LogP contribution in [0.5, 0.6) is 0 Å². The lowest BCUT2D eigenvalue weighted by Gasteiger charge is -2.22. The van der Waals surface area contributed by atoms with E-state index >= 15 is 0 Å². The molecule has 3 amide bonds. The molecule has 0 aliphatic rings. The minimum atomic E-state index is -1.25. The van der Waals surface area contributed by atoms with Gasteiger partial charge in [0.2, 0.25) is 17.7 Å². The number of hydrogen-bond donors (Lipinski definition) is 7. The van der Waals surface area contributed by atoms with Gasteiger partial charge < -0.3 is 38.7 Å². The highest BCUT2D eigenvalue weighted by Gasteiger charge is 2.27. The number of carbonyl (C=O) groups excluding carboxylic acids is 3. The first-order chi connectivity index (χ1) is 12.0. The molecule has 12 nitrogen and oxygen atoms in total. The van der Waals surface area contributed by atoms with Crippen molar-refractivity contribution in [1.82, 2.24) is 10.6 Å². The number of guanidine groups is 1. The van der Waals surface area contributed by atoms with Crippen molar-refractivity contribution in [2.24, 2.45) is 27.9 Å². The molecule has 26 heavy (non-hydrogen) atoms. The van der Waals surface area contributed by atoms with Crippen LogP contribution in [0.3, 0.4) is 0 Å². The normalized spacial score (nSPS) is 13.8. The van der Waals surface area contributed by atoms with Crippen LogP contribution < -0.4 is 33.6 Å². The van der Waals surface area contributed by atoms with Crippen molar-refractivity contribution < 1.29 is 24.3 Å². The van der Waals surface area contributed by atoms with Gasteiger partial charge in [0.25, 0.3) is 0 Å². The van der Waals surface area contributed by atoms with Crippen LogP contribution in [0.25, 0.3) is 0 Å². The Morgan fingerprint density at radius 2 is 1.58 bits per heavy atom. The summed E-state index contributed by atoms with van der Waals surface area (Å²) in [7, 11) is 0. The summed E-state index contributed by atoms with van der Waals surface area (Å²) in [6, 6.07) is -3.23. The topological polar surface area (TPSA) is 229 Å². The molecular weight excluding hydrogens is 346 g/mol. The van der Waals surface area contributed by atoms with Crippen molar-refractivity contribution >= 4 is 29.7 Å². The second kappa shape index (κ2) is 11.6. The van der Waals surface area contributed by atoms with Crippen LogP contribution in [-0.2, 0) is 19.2 Å². The molecule has 0 bridgehead atoms. The summed E-state index contributed by atoms with van der Waals surface area (Å²) < 4.78 is 0. The summed E-state index contributed by atoms with van der Waals surface area (Å²) in [5.74, 6) is -3.41. The van der Waals surface area contributed by atoms with Gasteiger partial charge in [-0.25, -0.2) is 4.79 Å². The van der Waals surface area contributed by atoms with E-state index in [2.05, 4.69) is 15.6 Å². The average molecular weight is 373 g/mol. The number of nitrogens with two attached hydrogens (primary N) is 4. The Balaban J connectivity index is 4.90. The molecule has 0 rings (SSSR count). The minimum Gasteiger partial charge on any atom is -0.480 e. The molecule has 3 atom stereocenters. The van der Waals surface area contributed by atoms with Crippen LogP contribution in [0.4, 0.5) is 0 Å². The van der Waals surface area contributed by atoms with Crippen molar-refractivity contribution in [2.45, 2.75) is 50.7 Å². The number of hydrogen-bond acceptors (Lipinski definition) is 6. The zero-order valence-corrected chi connectivity index (χ0v) is 14.6. The van der Waals surface area contributed by atoms with Crippen molar-refractivity contribution in [1.29, 1.82) is 0 Å². The number of carboxylic acid groups (broad SMARTS) is 1. The van der Waals surface area contributed by atoms with E-state index < -0.39 is 41.8 Å². The molecule has 0 radical (unpaired) electrons. The van der Waals surface area contributed by atoms with Gasteiger partial charge in [0, 0.05) is 13.0 Å². The van der Waals surface area contributed by atoms with E-state index in [0.717, 1.165) is 0 Å². The standard InChI is InChI=1S/C14H27N7O5/c1-7(15)11(23)20-8(4-5-10(16)22)12(24)21-9(13(25)26)3-2-6-19-14(17)18/h7-9H,2-6,15H2,1H3,(H2,16,22)(H,20,23)(H,21,24)(H,25,26)(H4,17,18,19). The summed E-state index contributed by atoms with van der Waals surface area (Å²) in [6.07, 6.45) is 0.133. The summed E-state index contributed by atoms with van der Waals surface area (Å²) in [6.45, 7) is 1.62. The number of aliphatic imine (C=N–C) groups is 1. The number of rotatable bonds is 12. The molecule has 148 valence electrons. The Hall–Kier alpha value is -2.89. The van der Waals surface area contributed by atoms with E-state index in [4.69, 9.17) is 22.9 Å². The minimum absolute atomic E-state index is 0.0711. The largest absolute Gasteiger partial charge is 0.480 e. The van der Waals surface area contributed by atoms with Crippen LogP contribution in [0, 0.1) is 0 Å². The Morgan fingerprint density at radius 1 is 1.00 bits per heavy atom. The molecule has 12 heteroatoms. The van der Waals surface area contributed by atoms with Gasteiger partial charge in [0.05, 0.1) is 6.04 Å². The Kier molecular flexibility index (Phi) is 10.3. The molecule has 11 N–H and O–H groups in total. The molecule has 0 aliphatic heterocycles. The first kappa shape index (κ1) is 23.1. The SMILES string of the molecule is CC(N)C(=O)NC(CCC(N)=O)C(=O)NC(CCCN=C(N)N)C(=O)O. The number of nitrogens with zero attached hydrogens (tertiary/aromatic N) is 1. The molecule has 0 aromatic rings. The van der Waals surface area contributed by atoms with Gasteiger partial charge in [-0.2, -0.15) is 0 Å². The summed E-state index contributed by atoms with van der Waals surface area (Å²) in [5.41, 5.74) is 20.8. The maximum atomic E-state index is 12.3. The highest BCUT2D eigenvalue weighted by atomic mass is 16.4. The van der Waals surface area contributed by atoms with E-state index in [1.54, 1.807) is 0 Å². The number of carboxylic acids is 1. The smallest absolute Gasteiger partial charge is 0.326 e. The quantitative estimate of drug-likeness (QED) is 0.104. The fourth-order valence-electron chi connectivity index (χ4n) is 1.89. The maximum Gasteiger partial charge on any atom is 0.326 e. The van der Waals surface area contributed by atoms with E-state index in [0.29, 0.717) is 6.42 Å². The first-order valence-corrected chi connectivity index (χ1v) is 7.97. The highest BCUT2D eigenvalue weighted by Crippen LogP contribution is 2.03.